The number of carboxylic acid groups (broad SMARTS) is 1. The van der Waals surface area contributed by atoms with Gasteiger partial charge in [-0.05, 0) is 269 Å². The van der Waals surface area contributed by atoms with Crippen LogP contribution in [0, 0.1) is 11.8 Å². The zero-order valence-corrected chi connectivity index (χ0v) is 92.7. The van der Waals surface area contributed by atoms with Gasteiger partial charge in [0, 0.05) is 86.2 Å². The first kappa shape index (κ1) is 152. The van der Waals surface area contributed by atoms with Crippen molar-refractivity contribution < 1.29 is 150 Å². The molecule has 3 aromatic rings. The third-order valence-electron chi connectivity index (χ3n) is 14.3. The summed E-state index contributed by atoms with van der Waals surface area (Å²) in [6, 6.07) is 18.4. The number of nitrogens with one attached hydrogen (secondary N) is 6. The molecule has 0 aliphatic carbocycles. The van der Waals surface area contributed by atoms with Gasteiger partial charge in [0.05, 0.1) is 35.6 Å². The van der Waals surface area contributed by atoms with Gasteiger partial charge < -0.3 is 113 Å². The number of aliphatic hydroxyl groups excluding tert-OH is 2. The second-order valence-corrected chi connectivity index (χ2v) is 40.3. The molecule has 0 radical (unpaired) electrons. The Kier molecular flexibility index (Phi) is 94.3. The number of benzene rings is 3. The van der Waals surface area contributed by atoms with Crippen molar-refractivity contribution in [3.63, 3.8) is 0 Å². The molecular weight excluding hydrogens is 1910 g/mol. The van der Waals surface area contributed by atoms with E-state index >= 15 is 0 Å². The maximum absolute atomic E-state index is 12.2. The average molecular weight is 2080 g/mol. The van der Waals surface area contributed by atoms with E-state index in [0.717, 1.165) is 51.2 Å². The molecule has 0 heterocycles. The largest absolute Gasteiger partial charge is 1.00 e. The number of Topliss-reactive ketones (excluding diaryl/α,β-unsaturated/α-hetero) is 2. The molecule has 0 saturated heterocycles. The molecular formula is C99H169Cl2N14NaO25S. The van der Waals surface area contributed by atoms with Crippen LogP contribution in [-0.2, 0) is 47.0 Å². The molecule has 0 fully saturated rings. The zero-order chi connectivity index (χ0) is 110. The number of ketones is 2. The van der Waals surface area contributed by atoms with Crippen molar-refractivity contribution in [2.75, 3.05) is 45.5 Å². The van der Waals surface area contributed by atoms with Crippen LogP contribution in [0.15, 0.2) is 151 Å². The van der Waals surface area contributed by atoms with Gasteiger partial charge in [0.15, 0.2) is 5.78 Å². The van der Waals surface area contributed by atoms with Crippen molar-refractivity contribution in [1.82, 2.24) is 31.4 Å². The number of rotatable bonds is 35. The molecule has 3 aromatic carbocycles. The predicted molar refractivity (Wildman–Crippen MR) is 559 cm³/mol. The molecule has 39 nitrogen and oxygen atoms in total. The van der Waals surface area contributed by atoms with Crippen LogP contribution in [0.1, 0.15) is 296 Å². The molecule has 16 N–H and O–H groups in total. The van der Waals surface area contributed by atoms with Gasteiger partial charge in [-0.15, -0.1) is 0 Å². The number of para-hydroxylation sites is 3. The predicted octanol–water partition coefficient (Wildman–Crippen LogP) is 18.8. The van der Waals surface area contributed by atoms with Gasteiger partial charge in [-0.1, -0.05) is 156 Å². The van der Waals surface area contributed by atoms with Gasteiger partial charge in [0.2, 0.25) is 9.05 Å². The Labute approximate surface area is 876 Å². The topological polar surface area (TPSA) is 623 Å². The number of phenols is 3. The Bertz CT molecular complexity index is 4230. The zero-order valence-electron chi connectivity index (χ0n) is 88.4. The van der Waals surface area contributed by atoms with Crippen LogP contribution in [0.3, 0.4) is 0 Å². The number of carboxylic acids is 1. The molecule has 0 aliphatic rings. The van der Waals surface area contributed by atoms with Gasteiger partial charge in [-0.25, -0.2) is 46.8 Å². The number of aromatic carboxylic acids is 1. The Morgan fingerprint density at radius 2 is 0.796 bits per heavy atom. The van der Waals surface area contributed by atoms with Gasteiger partial charge in [-0.3, -0.25) is 19.3 Å². The van der Waals surface area contributed by atoms with Crippen molar-refractivity contribution in [2.45, 2.75) is 329 Å². The Morgan fingerprint density at radius 3 is 1.08 bits per heavy atom. The number of nitrogens with two attached hydrogens (primary N) is 2. The molecule has 5 amide bonds. The third-order valence-corrected chi connectivity index (χ3v) is 14.5. The maximum Gasteiger partial charge on any atom is 1.00 e. The summed E-state index contributed by atoms with van der Waals surface area (Å²) in [6.45, 7) is 51.0. The maximum atomic E-state index is 12.2. The van der Waals surface area contributed by atoms with Crippen LogP contribution in [0.25, 0.3) is 26.4 Å². The van der Waals surface area contributed by atoms with E-state index in [1.165, 1.54) is 29.2 Å². The fraction of sp³-hybridized carbons (Fsp3) is 0.596. The fourth-order valence-corrected chi connectivity index (χ4v) is 8.67. The fourth-order valence-electron chi connectivity index (χ4n) is 8.41. The number of carbonyl (C=O) groups is 10. The number of aliphatic hydroxyl groups is 2. The van der Waals surface area contributed by atoms with Gasteiger partial charge in [0.1, 0.15) is 62.2 Å². The van der Waals surface area contributed by atoms with Crippen LogP contribution >= 0.6 is 22.5 Å². The van der Waals surface area contributed by atoms with Crippen LogP contribution in [-0.4, -0.2) is 209 Å². The Hall–Kier alpha value is -10.5. The minimum absolute atomic E-state index is 0. The number of azide groups is 1. The summed E-state index contributed by atoms with van der Waals surface area (Å²) in [5.74, 6) is -0.903. The summed E-state index contributed by atoms with van der Waals surface area (Å²) in [4.78, 5) is 119. The number of hydrogen-bond donors (Lipinski definition) is 14. The van der Waals surface area contributed by atoms with Crippen molar-refractivity contribution in [3.8, 4) is 17.2 Å². The van der Waals surface area contributed by atoms with Crippen LogP contribution in [0.5, 0.6) is 17.2 Å². The monoisotopic (exact) mass is 2080 g/mol. The number of phenolic OH excluding ortho intramolecular Hbond substituents is 2. The van der Waals surface area contributed by atoms with Crippen LogP contribution < -0.4 is 72.4 Å². The van der Waals surface area contributed by atoms with E-state index in [9.17, 15) is 66.6 Å². The number of hydrogen-bond acceptors (Lipinski definition) is 28. The Balaban J connectivity index is -0.000000179. The molecule has 6 atom stereocenters. The number of carbonyl (C=O) groups excluding carboxylic acids is 9. The molecule has 43 heteroatoms. The van der Waals surface area contributed by atoms with E-state index in [-0.39, 0.29) is 132 Å². The van der Waals surface area contributed by atoms with Gasteiger partial charge >= 0.3 is 72.2 Å². The summed E-state index contributed by atoms with van der Waals surface area (Å²) in [7, 11) is 1.31. The Morgan fingerprint density at radius 1 is 0.486 bits per heavy atom. The molecule has 0 aliphatic heterocycles. The number of alkyl carbamates (subject to hydrolysis) is 4. The normalized spacial score (nSPS) is 12.2. The van der Waals surface area contributed by atoms with Gasteiger partial charge in [-0.2, -0.15) is 0 Å². The van der Waals surface area contributed by atoms with Gasteiger partial charge in [0.25, 0.3) is 5.91 Å². The quantitative estimate of drug-likeness (QED) is 0.00222. The number of ether oxygens (including phenoxy) is 7. The third kappa shape index (κ3) is 126. The standard InChI is InChI=1S/C33H45NO3.C11H14ClNO2.C10H18O5.C9H19NO2.C8H16N4O2.C8H18N2O2.C8H17NO3.C7H6O3.C3H9NO.CH3ClO2S.CH4.N3.Na/c1-3-4-5-6-7-8-9-10-11-12-13-14-15-16-17-18-19-20-21-24-30(35)28-27-29(2)34-33(37)31-25-22-23-26-32(31)36;1-8(7-13-12)6-11(15)9-4-2-3-5-10(9)14;1-9(2,3)14-7(11)13-8(12)15-10(4,5)6;1-7(2)6-10-8(11)12-9(3,4)5;1-6(11-12-9)5-10-7(13)14-8(2,3)4;1-6(9)5-10-7(11)12-8(2,3)4;1-6(10)5-9-7(11)12-8(2,3)4;8-6-4-2-1-3-5(6)7(9)10;1-3(5)2-4;1-5(2,3)4;;1-3-2;/h4-5,7-8,10-11,13-14,16-17,19-20,22-23,25-26,29,36H,3,6,9,12,15,18,21,24,27-28H2,1-2H3,(H,34,37);2-5,8,13-14H,6-7H2,1H3;1-6H3;7H,6H2,1-5H3,(H,10,11);6H,5H2,1-4H3,(H,10,13);6H,5,9H2,1-4H3,(H,10,11);6,10H,5H2,1-4H3,(H,9,11);1-4,8H,(H,9,10);3,5H,2,4H2,1H3;1H3;1H4;;/q;;;;;;;;;;;-1;+1/b5-4-,8-7-,11-10-,14-13-,17-16-,20-19-;;;;;;;;;;;;. The molecule has 806 valence electrons. The summed E-state index contributed by atoms with van der Waals surface area (Å²) >= 11 is 5.35. The van der Waals surface area contributed by atoms with E-state index in [2.05, 4.69) is 137 Å². The minimum atomic E-state index is -3.19. The molecule has 142 heavy (non-hydrogen) atoms. The number of allylic oxidation sites excluding steroid dienone is 12. The first-order chi connectivity index (χ1) is 64.4. The van der Waals surface area contributed by atoms with Crippen molar-refractivity contribution >= 4 is 91.6 Å². The number of aromatic hydroxyl groups is 3. The summed E-state index contributed by atoms with van der Waals surface area (Å²) < 4.78 is 52.5. The molecule has 0 aromatic heterocycles. The molecule has 0 bridgehead atoms. The number of halogens is 2. The first-order valence-corrected chi connectivity index (χ1v) is 48.4. The molecule has 6 unspecified atom stereocenters. The van der Waals surface area contributed by atoms with E-state index in [1.54, 1.807) is 152 Å². The molecule has 0 spiro atoms. The minimum Gasteiger partial charge on any atom is -0.507 e. The second kappa shape index (κ2) is 88.3. The van der Waals surface area contributed by atoms with Crippen molar-refractivity contribution in [3.05, 3.63) is 189 Å². The summed E-state index contributed by atoms with van der Waals surface area (Å²) in [5.41, 5.74) is 29.3. The van der Waals surface area contributed by atoms with Crippen molar-refractivity contribution in [2.24, 2.45) is 28.4 Å². The molecule has 0 saturated carbocycles. The number of nitrogens with zero attached hydrogens (tertiary/aromatic N) is 6. The average Bonchev–Trinajstić information content (AvgIpc) is 0.855. The molecule has 3 rings (SSSR count). The van der Waals surface area contributed by atoms with E-state index in [4.69, 9.17) is 88.7 Å². The van der Waals surface area contributed by atoms with E-state index in [0.29, 0.717) is 63.3 Å². The number of amides is 5. The summed E-state index contributed by atoms with van der Waals surface area (Å²) in [6.07, 6.45) is 30.7. The second-order valence-electron chi connectivity index (χ2n) is 37.0. The first-order valence-electron chi connectivity index (χ1n) is 45.3. The smallest absolute Gasteiger partial charge is 0.507 e. The van der Waals surface area contributed by atoms with Crippen LogP contribution in [0.2, 0.25) is 0 Å². The van der Waals surface area contributed by atoms with Crippen molar-refractivity contribution in [1.29, 1.82) is 0 Å². The van der Waals surface area contributed by atoms with E-state index in [1.807, 2.05) is 76.2 Å². The van der Waals surface area contributed by atoms with Crippen LogP contribution in [0.4, 0.5) is 28.8 Å². The summed E-state index contributed by atoms with van der Waals surface area (Å²) in [5, 5.41) is 70.0. The van der Waals surface area contributed by atoms with E-state index < -0.39 is 85.3 Å². The SMILES string of the molecule is C.CC(C)(C)OC(=O)OC(=O)OC(C)(C)C.CC(C)CNC(=O)OC(C)(C)C.CC(CNC(=O)OC(C)(C)C)N=[N+]=[N-].CC(CNCl)CC(=O)c1ccccc1O.CC(N)CNC(=O)OC(C)(C)C.CC(O)CN.CC(O)CNC(=O)OC(C)(C)C.CC/C=C\C/C=C\C/C=C\C/C=C\C/C=C\C/C=C\CCC(=O)CCC(C)NC(=O)c1ccccc1O.CS(=O)(=O)Cl.O=C(O)c1ccccc1O.[N-]=[N+]=[N-].[Na+].